The maximum absolute atomic E-state index is 5.77. The Morgan fingerprint density at radius 2 is 1.58 bits per heavy atom. The maximum Gasteiger partial charge on any atom is 0.134 e. The van der Waals surface area contributed by atoms with Crippen LogP contribution in [0.5, 0.6) is 0 Å². The summed E-state index contributed by atoms with van der Waals surface area (Å²) >= 11 is 0. The monoisotopic (exact) mass is 318 g/mol. The molecule has 0 aliphatic heterocycles. The fourth-order valence-electron chi connectivity index (χ4n) is 4.20. The lowest BCUT2D eigenvalue weighted by molar-refractivity contribution is 0.319. The van der Waals surface area contributed by atoms with Gasteiger partial charge in [0.05, 0.1) is 0 Å². The van der Waals surface area contributed by atoms with Gasteiger partial charge in [-0.15, -0.1) is 0 Å². The van der Waals surface area contributed by atoms with Gasteiger partial charge >= 0.3 is 0 Å². The second-order valence-corrected chi connectivity index (χ2v) is 7.36. The normalized spacial score (nSPS) is 21.2. The van der Waals surface area contributed by atoms with E-state index in [1.165, 1.54) is 54.2 Å². The summed E-state index contributed by atoms with van der Waals surface area (Å²) in [5.74, 6) is 2.70. The van der Waals surface area contributed by atoms with E-state index in [9.17, 15) is 0 Å². The zero-order valence-electron chi connectivity index (χ0n) is 14.7. The molecule has 1 heterocycles. The van der Waals surface area contributed by atoms with Crippen LogP contribution in [0.4, 0.5) is 0 Å². The highest BCUT2D eigenvalue weighted by molar-refractivity contribution is 5.83. The molecule has 0 atom stereocenters. The summed E-state index contributed by atoms with van der Waals surface area (Å²) in [6.07, 6.45) is 6.86. The zero-order valence-corrected chi connectivity index (χ0v) is 14.7. The molecule has 124 valence electrons. The molecule has 1 heteroatoms. The van der Waals surface area contributed by atoms with E-state index in [-0.39, 0.29) is 0 Å². The first-order valence-corrected chi connectivity index (χ1v) is 9.33. The fourth-order valence-corrected chi connectivity index (χ4v) is 4.20. The molecule has 1 aromatic heterocycles. The van der Waals surface area contributed by atoms with Crippen LogP contribution in [0.3, 0.4) is 0 Å². The van der Waals surface area contributed by atoms with E-state index in [0.29, 0.717) is 0 Å². The second-order valence-electron chi connectivity index (χ2n) is 7.36. The van der Waals surface area contributed by atoms with E-state index in [1.807, 2.05) is 6.92 Å². The van der Waals surface area contributed by atoms with Crippen LogP contribution in [0.2, 0.25) is 0 Å². The van der Waals surface area contributed by atoms with Crippen LogP contribution < -0.4 is 0 Å². The lowest BCUT2D eigenvalue weighted by Crippen LogP contribution is -2.12. The third kappa shape index (κ3) is 3.00. The van der Waals surface area contributed by atoms with E-state index >= 15 is 0 Å². The van der Waals surface area contributed by atoms with Gasteiger partial charge in [-0.05, 0) is 73.3 Å². The van der Waals surface area contributed by atoms with Crippen molar-refractivity contribution in [3.05, 3.63) is 59.9 Å². The number of furan rings is 1. The number of aryl methyl sites for hydroxylation is 1. The Bertz CT molecular complexity index is 817. The number of benzene rings is 2. The minimum atomic E-state index is 0.761. The molecule has 1 fully saturated rings. The molecule has 24 heavy (non-hydrogen) atoms. The molecule has 1 nitrogen and oxygen atoms in total. The number of hydrogen-bond acceptors (Lipinski definition) is 1. The highest BCUT2D eigenvalue weighted by Crippen LogP contribution is 2.37. The minimum absolute atomic E-state index is 0.761. The molecule has 0 radical (unpaired) electrons. The number of hydrogen-bond donors (Lipinski definition) is 0. The van der Waals surface area contributed by atoms with Gasteiger partial charge in [0.15, 0.2) is 0 Å². The predicted octanol–water partition coefficient (Wildman–Crippen LogP) is 7.09. The van der Waals surface area contributed by atoms with Gasteiger partial charge in [0, 0.05) is 5.39 Å². The van der Waals surface area contributed by atoms with Crippen molar-refractivity contribution >= 4 is 11.0 Å². The molecule has 0 bridgehead atoms. The van der Waals surface area contributed by atoms with E-state index in [0.717, 1.165) is 23.2 Å². The molecule has 0 spiro atoms. The van der Waals surface area contributed by atoms with Crippen molar-refractivity contribution in [1.29, 1.82) is 0 Å². The standard InChI is InChI=1S/C23H26O/c1-3-17-4-6-18(7-5-17)19-8-10-20(11-9-19)21-12-13-22-14-16(2)24-23(22)15-21/h8-15,17-18H,3-7H2,1-2H3. The van der Waals surface area contributed by atoms with E-state index < -0.39 is 0 Å². The summed E-state index contributed by atoms with van der Waals surface area (Å²) in [5, 5.41) is 1.18. The summed E-state index contributed by atoms with van der Waals surface area (Å²) in [6.45, 7) is 4.33. The average Bonchev–Trinajstić information content (AvgIpc) is 3.01. The molecule has 0 N–H and O–H groups in total. The van der Waals surface area contributed by atoms with Crippen LogP contribution in [-0.2, 0) is 0 Å². The Morgan fingerprint density at radius 3 is 2.29 bits per heavy atom. The summed E-state index contributed by atoms with van der Waals surface area (Å²) in [7, 11) is 0. The van der Waals surface area contributed by atoms with Gasteiger partial charge < -0.3 is 4.42 Å². The van der Waals surface area contributed by atoms with Gasteiger partial charge in [-0.1, -0.05) is 49.7 Å². The summed E-state index contributed by atoms with van der Waals surface area (Å²) < 4.78 is 5.77. The quantitative estimate of drug-likeness (QED) is 0.502. The average molecular weight is 318 g/mol. The molecule has 0 unspecified atom stereocenters. The van der Waals surface area contributed by atoms with Gasteiger partial charge in [-0.2, -0.15) is 0 Å². The van der Waals surface area contributed by atoms with E-state index in [2.05, 4.69) is 55.5 Å². The Hall–Kier alpha value is -2.02. The first-order chi connectivity index (χ1) is 11.7. The Morgan fingerprint density at radius 1 is 0.875 bits per heavy atom. The van der Waals surface area contributed by atoms with Crippen LogP contribution in [0, 0.1) is 12.8 Å². The molecule has 0 amide bonds. The van der Waals surface area contributed by atoms with Gasteiger partial charge in [-0.25, -0.2) is 0 Å². The molecule has 0 saturated heterocycles. The smallest absolute Gasteiger partial charge is 0.134 e. The molecule has 3 aromatic rings. The first kappa shape index (κ1) is 15.5. The minimum Gasteiger partial charge on any atom is -0.461 e. The SMILES string of the molecule is CCC1CCC(c2ccc(-c3ccc4cc(C)oc4c3)cc2)CC1. The summed E-state index contributed by atoms with van der Waals surface area (Å²) in [4.78, 5) is 0. The van der Waals surface area contributed by atoms with Crippen molar-refractivity contribution in [2.24, 2.45) is 5.92 Å². The first-order valence-electron chi connectivity index (χ1n) is 9.33. The van der Waals surface area contributed by atoms with Crippen LogP contribution >= 0.6 is 0 Å². The van der Waals surface area contributed by atoms with Crippen molar-refractivity contribution in [2.75, 3.05) is 0 Å². The molecular weight excluding hydrogens is 292 g/mol. The van der Waals surface area contributed by atoms with Gasteiger partial charge in [0.25, 0.3) is 0 Å². The molecule has 1 aliphatic carbocycles. The predicted molar refractivity (Wildman–Crippen MR) is 101 cm³/mol. The summed E-state index contributed by atoms with van der Waals surface area (Å²) in [5.41, 5.74) is 5.00. The summed E-state index contributed by atoms with van der Waals surface area (Å²) in [6, 6.07) is 17.8. The Kier molecular flexibility index (Phi) is 4.18. The van der Waals surface area contributed by atoms with Crippen LogP contribution in [-0.4, -0.2) is 0 Å². The van der Waals surface area contributed by atoms with Crippen LogP contribution in [0.15, 0.2) is 52.9 Å². The molecule has 1 aliphatic rings. The third-order valence-corrected chi connectivity index (χ3v) is 5.78. The van der Waals surface area contributed by atoms with Gasteiger partial charge in [-0.3, -0.25) is 0 Å². The van der Waals surface area contributed by atoms with Gasteiger partial charge in [0.2, 0.25) is 0 Å². The third-order valence-electron chi connectivity index (χ3n) is 5.78. The topological polar surface area (TPSA) is 13.1 Å². The van der Waals surface area contributed by atoms with Crippen molar-refractivity contribution in [3.63, 3.8) is 0 Å². The lowest BCUT2D eigenvalue weighted by Gasteiger charge is -2.28. The van der Waals surface area contributed by atoms with E-state index in [1.54, 1.807) is 0 Å². The Balaban J connectivity index is 1.54. The molecule has 1 saturated carbocycles. The van der Waals surface area contributed by atoms with Crippen molar-refractivity contribution < 1.29 is 4.42 Å². The van der Waals surface area contributed by atoms with Crippen molar-refractivity contribution in [1.82, 2.24) is 0 Å². The number of rotatable bonds is 3. The fraction of sp³-hybridized carbons (Fsp3) is 0.391. The highest BCUT2D eigenvalue weighted by Gasteiger charge is 2.21. The van der Waals surface area contributed by atoms with Crippen LogP contribution in [0.1, 0.15) is 56.3 Å². The zero-order chi connectivity index (χ0) is 16.5. The molecule has 2 aromatic carbocycles. The van der Waals surface area contributed by atoms with Gasteiger partial charge in [0.1, 0.15) is 11.3 Å². The van der Waals surface area contributed by atoms with E-state index in [4.69, 9.17) is 4.42 Å². The molecular formula is C23H26O. The van der Waals surface area contributed by atoms with Crippen molar-refractivity contribution in [3.8, 4) is 11.1 Å². The highest BCUT2D eigenvalue weighted by atomic mass is 16.3. The maximum atomic E-state index is 5.77. The Labute approximate surface area is 144 Å². The molecule has 4 rings (SSSR count). The second kappa shape index (κ2) is 6.47. The van der Waals surface area contributed by atoms with Crippen LogP contribution in [0.25, 0.3) is 22.1 Å². The largest absolute Gasteiger partial charge is 0.461 e. The number of fused-ring (bicyclic) bond motifs is 1. The lowest BCUT2D eigenvalue weighted by atomic mass is 9.77. The van der Waals surface area contributed by atoms with Crippen molar-refractivity contribution in [2.45, 2.75) is 51.9 Å².